The molecular weight excluding hydrogens is 469 g/mol. The molecule has 0 saturated carbocycles. The van der Waals surface area contributed by atoms with E-state index in [1.807, 2.05) is 0 Å². The molecule has 0 aliphatic carbocycles. The van der Waals surface area contributed by atoms with Crippen LogP contribution in [0.25, 0.3) is 0 Å². The van der Waals surface area contributed by atoms with E-state index in [4.69, 9.17) is 16.3 Å². The molecule has 1 unspecified atom stereocenters. The van der Waals surface area contributed by atoms with Crippen molar-refractivity contribution in [2.24, 2.45) is 0 Å². The molecule has 11 heteroatoms. The number of hydrogen-bond acceptors (Lipinski definition) is 4. The molecule has 3 rings (SSSR count). The first kappa shape index (κ1) is 24.5. The minimum atomic E-state index is -4.56. The van der Waals surface area contributed by atoms with Crippen molar-refractivity contribution in [1.82, 2.24) is 9.62 Å². The summed E-state index contributed by atoms with van der Waals surface area (Å²) in [6.45, 7) is 0.336. The third-order valence-corrected chi connectivity index (χ3v) is 6.97. The van der Waals surface area contributed by atoms with Gasteiger partial charge >= 0.3 is 6.18 Å². The predicted octanol–water partition coefficient (Wildman–Crippen LogP) is 4.09. The molecular formula is C21H22ClF3N2O4S. The second-order valence-electron chi connectivity index (χ2n) is 7.45. The third kappa shape index (κ3) is 5.80. The predicted molar refractivity (Wildman–Crippen MR) is 113 cm³/mol. The summed E-state index contributed by atoms with van der Waals surface area (Å²) in [5.74, 6) is -0.644. The smallest absolute Gasteiger partial charge is 0.377 e. The van der Waals surface area contributed by atoms with Crippen LogP contribution in [0.3, 0.4) is 0 Å². The van der Waals surface area contributed by atoms with E-state index in [0.29, 0.717) is 6.61 Å². The van der Waals surface area contributed by atoms with Gasteiger partial charge in [0.25, 0.3) is 5.91 Å². The number of rotatable bonds is 7. The van der Waals surface area contributed by atoms with Gasteiger partial charge in [-0.1, -0.05) is 29.8 Å². The molecule has 0 radical (unpaired) electrons. The van der Waals surface area contributed by atoms with Crippen LogP contribution < -0.4 is 4.72 Å². The van der Waals surface area contributed by atoms with Crippen LogP contribution in [-0.4, -0.2) is 45.5 Å². The number of nitrogens with zero attached hydrogens (tertiary/aromatic N) is 1. The second kappa shape index (κ2) is 9.78. The third-order valence-electron chi connectivity index (χ3n) is 5.07. The molecule has 0 spiro atoms. The van der Waals surface area contributed by atoms with Crippen LogP contribution in [0.4, 0.5) is 13.2 Å². The quantitative estimate of drug-likeness (QED) is 0.634. The first-order valence-electron chi connectivity index (χ1n) is 9.80. The van der Waals surface area contributed by atoms with Gasteiger partial charge in [0.05, 0.1) is 16.7 Å². The van der Waals surface area contributed by atoms with Crippen molar-refractivity contribution in [3.8, 4) is 0 Å². The molecule has 32 heavy (non-hydrogen) atoms. The van der Waals surface area contributed by atoms with E-state index in [9.17, 15) is 26.4 Å². The fourth-order valence-electron chi connectivity index (χ4n) is 3.41. The fraction of sp³-hybridized carbons (Fsp3) is 0.381. The minimum absolute atomic E-state index is 0.0149. The molecule has 1 atom stereocenters. The molecule has 1 aliphatic rings. The Hall–Kier alpha value is -2.14. The maximum Gasteiger partial charge on any atom is 0.416 e. The highest BCUT2D eigenvalue weighted by molar-refractivity contribution is 7.89. The van der Waals surface area contributed by atoms with Crippen molar-refractivity contribution < 1.29 is 31.1 Å². The monoisotopic (exact) mass is 490 g/mol. The molecule has 1 saturated heterocycles. The van der Waals surface area contributed by atoms with Gasteiger partial charge in [-0.3, -0.25) is 4.79 Å². The summed E-state index contributed by atoms with van der Waals surface area (Å²) in [6, 6.07) is 8.68. The van der Waals surface area contributed by atoms with Crippen molar-refractivity contribution in [2.45, 2.75) is 36.6 Å². The maximum absolute atomic E-state index is 13.2. The molecule has 1 N–H and O–H groups in total. The highest BCUT2D eigenvalue weighted by Gasteiger charge is 2.33. The Morgan fingerprint density at radius 1 is 1.25 bits per heavy atom. The van der Waals surface area contributed by atoms with Crippen LogP contribution in [0, 0.1) is 0 Å². The van der Waals surface area contributed by atoms with E-state index in [1.54, 1.807) is 0 Å². The van der Waals surface area contributed by atoms with Crippen LogP contribution in [0.15, 0.2) is 47.4 Å². The number of carbonyl (C=O) groups excluding carboxylic acids is 1. The topological polar surface area (TPSA) is 75.7 Å². The van der Waals surface area contributed by atoms with Crippen LogP contribution in [-0.2, 0) is 27.5 Å². The Morgan fingerprint density at radius 2 is 1.97 bits per heavy atom. The van der Waals surface area contributed by atoms with Crippen molar-refractivity contribution in [2.75, 3.05) is 20.2 Å². The number of benzene rings is 2. The molecule has 1 aliphatic heterocycles. The van der Waals surface area contributed by atoms with Gasteiger partial charge < -0.3 is 9.64 Å². The van der Waals surface area contributed by atoms with E-state index in [1.165, 1.54) is 37.4 Å². The molecule has 6 nitrogen and oxygen atoms in total. The lowest BCUT2D eigenvalue weighted by Gasteiger charge is -2.21. The van der Waals surface area contributed by atoms with E-state index in [2.05, 4.69) is 4.72 Å². The van der Waals surface area contributed by atoms with Crippen LogP contribution in [0.2, 0.25) is 5.02 Å². The number of amides is 1. The van der Waals surface area contributed by atoms with E-state index < -0.39 is 27.7 Å². The lowest BCUT2D eigenvalue weighted by atomic mass is 10.1. The number of nitrogens with one attached hydrogen (secondary N) is 1. The van der Waals surface area contributed by atoms with Gasteiger partial charge in [-0.15, -0.1) is 0 Å². The Kier molecular flexibility index (Phi) is 7.49. The largest absolute Gasteiger partial charge is 0.416 e. The lowest BCUT2D eigenvalue weighted by Crippen LogP contribution is -2.32. The Bertz CT molecular complexity index is 1090. The Labute approximate surface area is 189 Å². The van der Waals surface area contributed by atoms with Gasteiger partial charge in [0.15, 0.2) is 0 Å². The summed E-state index contributed by atoms with van der Waals surface area (Å²) in [5, 5.41) is -0.0774. The highest BCUT2D eigenvalue weighted by Crippen LogP contribution is 2.32. The van der Waals surface area contributed by atoms with Crippen LogP contribution >= 0.6 is 11.6 Å². The first-order chi connectivity index (χ1) is 15.0. The van der Waals surface area contributed by atoms with Crippen LogP contribution in [0.5, 0.6) is 0 Å². The number of halogens is 4. The average Bonchev–Trinajstić information content (AvgIpc) is 3.25. The van der Waals surface area contributed by atoms with Crippen molar-refractivity contribution >= 4 is 27.5 Å². The molecule has 1 fully saturated rings. The van der Waals surface area contributed by atoms with Crippen molar-refractivity contribution in [1.29, 1.82) is 0 Å². The summed E-state index contributed by atoms with van der Waals surface area (Å²) in [4.78, 5) is 13.6. The number of sulfonamides is 1. The molecule has 1 amide bonds. The first-order valence-corrected chi connectivity index (χ1v) is 11.7. The van der Waals surface area contributed by atoms with Crippen LogP contribution in [0.1, 0.15) is 34.3 Å². The zero-order valence-electron chi connectivity index (χ0n) is 17.2. The van der Waals surface area contributed by atoms with Gasteiger partial charge in [-0.05, 0) is 42.7 Å². The Balaban J connectivity index is 1.79. The summed E-state index contributed by atoms with van der Waals surface area (Å²) >= 11 is 6.06. The number of hydrogen-bond donors (Lipinski definition) is 1. The SMILES string of the molecule is CN(Cc1ccccc1C(F)(F)F)C(=O)c1ccc(Cl)c(S(=O)(=O)NCC2CCCO2)c1. The molecule has 2 aromatic rings. The van der Waals surface area contributed by atoms with Gasteiger partial charge in [-0.2, -0.15) is 13.2 Å². The molecule has 1 heterocycles. The number of ether oxygens (including phenoxy) is 1. The normalized spacial score (nSPS) is 16.8. The standard InChI is InChI=1S/C21H22ClF3N2O4S/c1-27(13-15-5-2-3-7-17(15)21(23,24)25)20(28)14-8-9-18(22)19(11-14)32(29,30)26-12-16-6-4-10-31-16/h2-3,5,7-9,11,16,26H,4,6,10,12-13H2,1H3. The van der Waals surface area contributed by atoms with E-state index in [0.717, 1.165) is 29.9 Å². The molecule has 2 aromatic carbocycles. The summed E-state index contributed by atoms with van der Waals surface area (Å²) < 4.78 is 72.9. The number of alkyl halides is 3. The summed E-state index contributed by atoms with van der Waals surface area (Å²) in [7, 11) is -2.69. The van der Waals surface area contributed by atoms with E-state index in [-0.39, 0.29) is 40.2 Å². The zero-order chi connectivity index (χ0) is 23.5. The Morgan fingerprint density at radius 3 is 2.62 bits per heavy atom. The number of carbonyl (C=O) groups is 1. The van der Waals surface area contributed by atoms with Gasteiger partial charge in [0.2, 0.25) is 10.0 Å². The molecule has 0 bridgehead atoms. The minimum Gasteiger partial charge on any atom is -0.377 e. The van der Waals surface area contributed by atoms with Gasteiger partial charge in [0, 0.05) is 32.3 Å². The second-order valence-corrected chi connectivity index (χ2v) is 9.59. The summed E-state index contributed by atoms with van der Waals surface area (Å²) in [6.07, 6.45) is -3.20. The molecule has 0 aromatic heterocycles. The molecule has 174 valence electrons. The van der Waals surface area contributed by atoms with Crippen molar-refractivity contribution in [3.63, 3.8) is 0 Å². The van der Waals surface area contributed by atoms with Crippen molar-refractivity contribution in [3.05, 3.63) is 64.2 Å². The lowest BCUT2D eigenvalue weighted by molar-refractivity contribution is -0.138. The summed E-state index contributed by atoms with van der Waals surface area (Å²) in [5.41, 5.74) is -0.924. The maximum atomic E-state index is 13.2. The fourth-order valence-corrected chi connectivity index (χ4v) is 5.00. The zero-order valence-corrected chi connectivity index (χ0v) is 18.7. The van der Waals surface area contributed by atoms with Gasteiger partial charge in [-0.25, -0.2) is 13.1 Å². The highest BCUT2D eigenvalue weighted by atomic mass is 35.5. The van der Waals surface area contributed by atoms with Gasteiger partial charge in [0.1, 0.15) is 4.90 Å². The average molecular weight is 491 g/mol. The van der Waals surface area contributed by atoms with E-state index >= 15 is 0 Å².